The first-order valence-corrected chi connectivity index (χ1v) is 6.12. The molecule has 106 valence electrons. The van der Waals surface area contributed by atoms with Gasteiger partial charge in [0.1, 0.15) is 5.82 Å². The highest BCUT2D eigenvalue weighted by Crippen LogP contribution is 2.14. The minimum absolute atomic E-state index is 0.315. The predicted octanol–water partition coefficient (Wildman–Crippen LogP) is 1.96. The van der Waals surface area contributed by atoms with Crippen LogP contribution in [0, 0.1) is 5.82 Å². The molecule has 0 bridgehead atoms. The number of nitrogens with zero attached hydrogens (tertiary/aromatic N) is 2. The minimum Gasteiger partial charge on any atom is -0.478 e. The molecule has 0 amide bonds. The van der Waals surface area contributed by atoms with Crippen LogP contribution in [0.4, 0.5) is 4.39 Å². The van der Waals surface area contributed by atoms with Crippen molar-refractivity contribution in [3.63, 3.8) is 0 Å². The summed E-state index contributed by atoms with van der Waals surface area (Å²) < 4.78 is 20.3. The second-order valence-corrected chi connectivity index (χ2v) is 4.40. The first kappa shape index (κ1) is 14.2. The highest BCUT2D eigenvalue weighted by molar-refractivity contribution is 5.87. The van der Waals surface area contributed by atoms with Gasteiger partial charge in [-0.3, -0.25) is 4.68 Å². The van der Waals surface area contributed by atoms with Gasteiger partial charge in [-0.1, -0.05) is 6.07 Å². The van der Waals surface area contributed by atoms with E-state index in [0.29, 0.717) is 25.1 Å². The number of halogens is 1. The van der Waals surface area contributed by atoms with E-state index in [9.17, 15) is 9.18 Å². The number of ether oxygens (including phenoxy) is 1. The summed E-state index contributed by atoms with van der Waals surface area (Å²) in [5.41, 5.74) is 1.33. The molecular weight excluding hydrogens is 263 g/mol. The molecule has 0 saturated heterocycles. The van der Waals surface area contributed by atoms with Crippen LogP contribution >= 0.6 is 0 Å². The van der Waals surface area contributed by atoms with E-state index < -0.39 is 11.8 Å². The molecule has 0 aliphatic rings. The highest BCUT2D eigenvalue weighted by Gasteiger charge is 2.10. The standard InChI is InChI=1S/C14H15FN2O3/c1-20-5-4-17-9-11(8-16-17)6-10-2-3-12(14(18)19)13(15)7-10/h2-3,7-9H,4-6H2,1H3,(H,18,19). The van der Waals surface area contributed by atoms with Gasteiger partial charge >= 0.3 is 5.97 Å². The van der Waals surface area contributed by atoms with E-state index >= 15 is 0 Å². The van der Waals surface area contributed by atoms with Crippen LogP contribution in [-0.4, -0.2) is 34.6 Å². The van der Waals surface area contributed by atoms with Gasteiger partial charge in [-0.15, -0.1) is 0 Å². The molecule has 6 heteroatoms. The number of carboxylic acids is 1. The molecule has 0 unspecified atom stereocenters. The van der Waals surface area contributed by atoms with Crippen molar-refractivity contribution < 1.29 is 19.0 Å². The molecule has 0 aliphatic carbocycles. The van der Waals surface area contributed by atoms with Crippen LogP contribution < -0.4 is 0 Å². The lowest BCUT2D eigenvalue weighted by molar-refractivity contribution is 0.0692. The van der Waals surface area contributed by atoms with E-state index in [1.807, 2.05) is 6.20 Å². The van der Waals surface area contributed by atoms with Crippen molar-refractivity contribution in [2.24, 2.45) is 0 Å². The van der Waals surface area contributed by atoms with Crippen LogP contribution in [0.3, 0.4) is 0 Å². The molecule has 1 N–H and O–H groups in total. The topological polar surface area (TPSA) is 64.3 Å². The monoisotopic (exact) mass is 278 g/mol. The number of rotatable bonds is 6. The minimum atomic E-state index is -1.26. The van der Waals surface area contributed by atoms with E-state index in [1.165, 1.54) is 12.1 Å². The van der Waals surface area contributed by atoms with Crippen LogP contribution in [0.2, 0.25) is 0 Å². The van der Waals surface area contributed by atoms with Crippen molar-refractivity contribution in [1.29, 1.82) is 0 Å². The molecular formula is C14H15FN2O3. The molecule has 5 nitrogen and oxygen atoms in total. The molecule has 0 aliphatic heterocycles. The second kappa shape index (κ2) is 6.29. The molecule has 0 radical (unpaired) electrons. The van der Waals surface area contributed by atoms with Crippen LogP contribution in [0.1, 0.15) is 21.5 Å². The van der Waals surface area contributed by atoms with Crippen LogP contribution in [-0.2, 0) is 17.7 Å². The highest BCUT2D eigenvalue weighted by atomic mass is 19.1. The zero-order chi connectivity index (χ0) is 14.5. The number of benzene rings is 1. The number of hydrogen-bond acceptors (Lipinski definition) is 3. The Morgan fingerprint density at radius 2 is 2.25 bits per heavy atom. The van der Waals surface area contributed by atoms with E-state index in [4.69, 9.17) is 9.84 Å². The van der Waals surface area contributed by atoms with Crippen LogP contribution in [0.15, 0.2) is 30.6 Å². The maximum atomic E-state index is 13.6. The Hall–Kier alpha value is -2.21. The fourth-order valence-corrected chi connectivity index (χ4v) is 1.88. The lowest BCUT2D eigenvalue weighted by Gasteiger charge is -2.02. The largest absolute Gasteiger partial charge is 0.478 e. The van der Waals surface area contributed by atoms with Crippen molar-refractivity contribution in [3.05, 3.63) is 53.1 Å². The summed E-state index contributed by atoms with van der Waals surface area (Å²) in [7, 11) is 1.62. The predicted molar refractivity (Wildman–Crippen MR) is 70.3 cm³/mol. The summed E-state index contributed by atoms with van der Waals surface area (Å²) in [5, 5.41) is 12.9. The van der Waals surface area contributed by atoms with Crippen molar-refractivity contribution in [3.8, 4) is 0 Å². The lowest BCUT2D eigenvalue weighted by Crippen LogP contribution is -2.04. The summed E-state index contributed by atoms with van der Waals surface area (Å²) in [5.74, 6) is -1.98. The van der Waals surface area contributed by atoms with Crippen LogP contribution in [0.25, 0.3) is 0 Å². The number of aromatic nitrogens is 2. The van der Waals surface area contributed by atoms with Gasteiger partial charge in [0.05, 0.1) is 24.9 Å². The molecule has 2 rings (SSSR count). The average Bonchev–Trinajstić information content (AvgIpc) is 2.83. The van der Waals surface area contributed by atoms with E-state index in [-0.39, 0.29) is 5.56 Å². The Balaban J connectivity index is 2.08. The van der Waals surface area contributed by atoms with Crippen molar-refractivity contribution in [2.75, 3.05) is 13.7 Å². The van der Waals surface area contributed by atoms with Crippen molar-refractivity contribution >= 4 is 5.97 Å². The van der Waals surface area contributed by atoms with Gasteiger partial charge in [-0.05, 0) is 23.3 Å². The molecule has 2 aromatic rings. The zero-order valence-electron chi connectivity index (χ0n) is 11.0. The normalized spacial score (nSPS) is 10.7. The van der Waals surface area contributed by atoms with Gasteiger partial charge in [-0.25, -0.2) is 9.18 Å². The van der Waals surface area contributed by atoms with E-state index in [0.717, 1.165) is 5.56 Å². The summed E-state index contributed by atoms with van der Waals surface area (Å²) in [4.78, 5) is 10.7. The van der Waals surface area contributed by atoms with E-state index in [2.05, 4.69) is 5.10 Å². The molecule has 20 heavy (non-hydrogen) atoms. The zero-order valence-corrected chi connectivity index (χ0v) is 11.0. The molecule has 0 fully saturated rings. The summed E-state index contributed by atoms with van der Waals surface area (Å²) in [6, 6.07) is 4.14. The van der Waals surface area contributed by atoms with Gasteiger partial charge in [0.25, 0.3) is 0 Å². The molecule has 1 aromatic carbocycles. The molecule has 1 heterocycles. The number of carbonyl (C=O) groups is 1. The SMILES string of the molecule is COCCn1cc(Cc2ccc(C(=O)O)c(F)c2)cn1. The molecule has 0 saturated carbocycles. The fourth-order valence-electron chi connectivity index (χ4n) is 1.88. The van der Waals surface area contributed by atoms with Gasteiger partial charge < -0.3 is 9.84 Å². The smallest absolute Gasteiger partial charge is 0.338 e. The average molecular weight is 278 g/mol. The Labute approximate surface area is 115 Å². The van der Waals surface area contributed by atoms with Gasteiger partial charge in [0.2, 0.25) is 0 Å². The van der Waals surface area contributed by atoms with Crippen molar-refractivity contribution in [2.45, 2.75) is 13.0 Å². The molecule has 0 atom stereocenters. The Morgan fingerprint density at radius 1 is 1.45 bits per heavy atom. The third kappa shape index (κ3) is 3.42. The first-order valence-electron chi connectivity index (χ1n) is 6.12. The third-order valence-corrected chi connectivity index (χ3v) is 2.88. The fraction of sp³-hybridized carbons (Fsp3) is 0.286. The third-order valence-electron chi connectivity index (χ3n) is 2.88. The number of carboxylic acid groups (broad SMARTS) is 1. The quantitative estimate of drug-likeness (QED) is 0.877. The Morgan fingerprint density at radius 3 is 2.90 bits per heavy atom. The van der Waals surface area contributed by atoms with Crippen molar-refractivity contribution in [1.82, 2.24) is 9.78 Å². The maximum Gasteiger partial charge on any atom is 0.338 e. The number of hydrogen-bond donors (Lipinski definition) is 1. The maximum absolute atomic E-state index is 13.6. The van der Waals surface area contributed by atoms with Gasteiger partial charge in [0.15, 0.2) is 0 Å². The molecule has 1 aromatic heterocycles. The summed E-state index contributed by atoms with van der Waals surface area (Å²) in [6.07, 6.45) is 4.07. The number of aromatic carboxylic acids is 1. The lowest BCUT2D eigenvalue weighted by atomic mass is 10.1. The molecule has 0 spiro atoms. The second-order valence-electron chi connectivity index (χ2n) is 4.40. The Bertz CT molecular complexity index is 610. The first-order chi connectivity index (χ1) is 9.60. The van der Waals surface area contributed by atoms with E-state index in [1.54, 1.807) is 24.1 Å². The summed E-state index contributed by atoms with van der Waals surface area (Å²) in [6.45, 7) is 1.23. The van der Waals surface area contributed by atoms with Gasteiger partial charge in [-0.2, -0.15) is 5.10 Å². The number of methoxy groups -OCH3 is 1. The van der Waals surface area contributed by atoms with Crippen LogP contribution in [0.5, 0.6) is 0 Å². The Kier molecular flexibility index (Phi) is 4.47. The summed E-state index contributed by atoms with van der Waals surface area (Å²) >= 11 is 0. The van der Waals surface area contributed by atoms with Gasteiger partial charge in [0, 0.05) is 19.7 Å².